The molecule has 3 rings (SSSR count). The van der Waals surface area contributed by atoms with Gasteiger partial charge in [0.1, 0.15) is 6.61 Å². The highest BCUT2D eigenvalue weighted by atomic mass is 35.5. The summed E-state index contributed by atoms with van der Waals surface area (Å²) in [7, 11) is 0. The molecule has 0 unspecified atom stereocenters. The molecule has 23 heavy (non-hydrogen) atoms. The van der Waals surface area contributed by atoms with Gasteiger partial charge in [0.2, 0.25) is 11.8 Å². The molecule has 1 aliphatic heterocycles. The summed E-state index contributed by atoms with van der Waals surface area (Å²) in [6, 6.07) is 7.45. The molecule has 2 heterocycles. The van der Waals surface area contributed by atoms with E-state index in [9.17, 15) is 4.79 Å². The molecule has 1 aliphatic rings. The highest BCUT2D eigenvalue weighted by Gasteiger charge is 2.21. The second-order valence-corrected chi connectivity index (χ2v) is 5.88. The van der Waals surface area contributed by atoms with E-state index in [0.29, 0.717) is 36.3 Å². The first-order valence-corrected chi connectivity index (χ1v) is 7.85. The molecule has 1 aromatic heterocycles. The molecule has 0 aliphatic carbocycles. The van der Waals surface area contributed by atoms with Gasteiger partial charge in [-0.05, 0) is 12.1 Å². The van der Waals surface area contributed by atoms with Crippen LogP contribution >= 0.6 is 11.6 Å². The largest absolute Gasteiger partial charge is 0.439 e. The van der Waals surface area contributed by atoms with Crippen molar-refractivity contribution < 1.29 is 14.3 Å². The van der Waals surface area contributed by atoms with Crippen LogP contribution in [0.3, 0.4) is 0 Å². The summed E-state index contributed by atoms with van der Waals surface area (Å²) in [6.45, 7) is 2.87. The van der Waals surface area contributed by atoms with E-state index in [2.05, 4.69) is 9.88 Å². The van der Waals surface area contributed by atoms with Crippen molar-refractivity contribution in [2.75, 3.05) is 32.8 Å². The lowest BCUT2D eigenvalue weighted by molar-refractivity contribution is -0.136. The first-order valence-electron chi connectivity index (χ1n) is 7.47. The van der Waals surface area contributed by atoms with Crippen LogP contribution in [0, 0.1) is 0 Å². The molecule has 0 atom stereocenters. The summed E-state index contributed by atoms with van der Waals surface area (Å²) >= 11 is 5.99. The molecule has 0 spiro atoms. The van der Waals surface area contributed by atoms with Crippen LogP contribution < -0.4 is 0 Å². The number of rotatable bonds is 4. The van der Waals surface area contributed by atoms with Crippen LogP contribution in [0.2, 0.25) is 5.02 Å². The number of amides is 1. The minimum absolute atomic E-state index is 0.219. The van der Waals surface area contributed by atoms with Gasteiger partial charge < -0.3 is 14.4 Å². The van der Waals surface area contributed by atoms with Gasteiger partial charge >= 0.3 is 0 Å². The number of halogens is 1. The van der Waals surface area contributed by atoms with Gasteiger partial charge in [0.25, 0.3) is 0 Å². The smallest absolute Gasteiger partial charge is 0.248 e. The summed E-state index contributed by atoms with van der Waals surface area (Å²) < 4.78 is 5.79. The molecule has 0 radical (unpaired) electrons. The van der Waals surface area contributed by atoms with E-state index >= 15 is 0 Å². The van der Waals surface area contributed by atoms with E-state index in [0.717, 1.165) is 18.7 Å². The standard InChI is InChI=1S/C16H18ClN3O3/c17-13-3-1-2-12(8-13)14-9-18-15(23-14)10-19-4-6-20(7-5-19)16(22)11-21/h1-3,8-9,21H,4-7,10-11H2. The van der Waals surface area contributed by atoms with Crippen molar-refractivity contribution in [1.29, 1.82) is 0 Å². The third-order valence-corrected chi connectivity index (χ3v) is 4.12. The third-order valence-electron chi connectivity index (χ3n) is 3.88. The molecule has 0 bridgehead atoms. The number of hydrogen-bond acceptors (Lipinski definition) is 5. The molecule has 1 amide bonds. The average Bonchev–Trinajstić information content (AvgIpc) is 3.03. The van der Waals surface area contributed by atoms with Crippen molar-refractivity contribution in [3.63, 3.8) is 0 Å². The number of carbonyl (C=O) groups is 1. The number of aliphatic hydroxyl groups is 1. The molecule has 1 fully saturated rings. The Balaban J connectivity index is 1.59. The summed E-state index contributed by atoms with van der Waals surface area (Å²) in [5.74, 6) is 1.11. The molecule has 1 N–H and O–H groups in total. The number of hydrogen-bond donors (Lipinski definition) is 1. The fourth-order valence-corrected chi connectivity index (χ4v) is 2.80. The van der Waals surface area contributed by atoms with Crippen LogP contribution in [0.25, 0.3) is 11.3 Å². The van der Waals surface area contributed by atoms with Gasteiger partial charge in [-0.2, -0.15) is 0 Å². The maximum atomic E-state index is 11.4. The lowest BCUT2D eigenvalue weighted by atomic mass is 10.2. The number of nitrogens with zero attached hydrogens (tertiary/aromatic N) is 3. The zero-order valence-corrected chi connectivity index (χ0v) is 13.4. The number of carbonyl (C=O) groups excluding carboxylic acids is 1. The van der Waals surface area contributed by atoms with Crippen molar-refractivity contribution in [1.82, 2.24) is 14.8 Å². The molecule has 2 aromatic rings. The van der Waals surface area contributed by atoms with Crippen LogP contribution in [0.1, 0.15) is 5.89 Å². The van der Waals surface area contributed by atoms with Crippen LogP contribution in [-0.2, 0) is 11.3 Å². The molecular formula is C16H18ClN3O3. The lowest BCUT2D eigenvalue weighted by Crippen LogP contribution is -2.49. The Morgan fingerprint density at radius 3 is 2.78 bits per heavy atom. The van der Waals surface area contributed by atoms with Gasteiger partial charge in [-0.1, -0.05) is 23.7 Å². The van der Waals surface area contributed by atoms with Crippen molar-refractivity contribution >= 4 is 17.5 Å². The Hall–Kier alpha value is -1.89. The Kier molecular flexibility index (Phi) is 4.95. The highest BCUT2D eigenvalue weighted by molar-refractivity contribution is 6.30. The number of oxazole rings is 1. The fourth-order valence-electron chi connectivity index (χ4n) is 2.61. The van der Waals surface area contributed by atoms with Gasteiger partial charge in [-0.15, -0.1) is 0 Å². The van der Waals surface area contributed by atoms with Gasteiger partial charge in [0.15, 0.2) is 5.76 Å². The molecule has 1 aromatic carbocycles. The third kappa shape index (κ3) is 3.90. The molecular weight excluding hydrogens is 318 g/mol. The Bertz CT molecular complexity index is 681. The van der Waals surface area contributed by atoms with Crippen molar-refractivity contribution in [2.45, 2.75) is 6.54 Å². The van der Waals surface area contributed by atoms with Gasteiger partial charge in [0.05, 0.1) is 12.7 Å². The van der Waals surface area contributed by atoms with Crippen LogP contribution in [0.15, 0.2) is 34.9 Å². The second-order valence-electron chi connectivity index (χ2n) is 5.44. The van der Waals surface area contributed by atoms with E-state index in [-0.39, 0.29) is 5.91 Å². The van der Waals surface area contributed by atoms with Crippen molar-refractivity contribution in [2.24, 2.45) is 0 Å². The summed E-state index contributed by atoms with van der Waals surface area (Å²) in [5.41, 5.74) is 0.898. The minimum Gasteiger partial charge on any atom is -0.439 e. The predicted octanol–water partition coefficient (Wildman–Crippen LogP) is 1.63. The van der Waals surface area contributed by atoms with Crippen molar-refractivity contribution in [3.8, 4) is 11.3 Å². The monoisotopic (exact) mass is 335 g/mol. The molecule has 6 nitrogen and oxygen atoms in total. The summed E-state index contributed by atoms with van der Waals surface area (Å²) in [4.78, 5) is 19.6. The maximum absolute atomic E-state index is 11.4. The SMILES string of the molecule is O=C(CO)N1CCN(Cc2ncc(-c3cccc(Cl)c3)o2)CC1. The Morgan fingerprint density at radius 1 is 1.30 bits per heavy atom. The highest BCUT2D eigenvalue weighted by Crippen LogP contribution is 2.24. The number of benzene rings is 1. The van der Waals surface area contributed by atoms with Gasteiger partial charge in [-0.25, -0.2) is 4.98 Å². The maximum Gasteiger partial charge on any atom is 0.248 e. The predicted molar refractivity (Wildman–Crippen MR) is 85.9 cm³/mol. The van der Waals surface area contributed by atoms with E-state index in [1.807, 2.05) is 24.3 Å². The second kappa shape index (κ2) is 7.12. The normalized spacial score (nSPS) is 15.8. The number of aliphatic hydroxyl groups excluding tert-OH is 1. The number of aromatic nitrogens is 1. The zero-order valence-electron chi connectivity index (χ0n) is 12.6. The van der Waals surface area contributed by atoms with Gasteiger partial charge in [0, 0.05) is 36.8 Å². The summed E-state index contributed by atoms with van der Waals surface area (Å²) in [6.07, 6.45) is 1.70. The van der Waals surface area contributed by atoms with E-state index in [1.165, 1.54) is 0 Å². The molecule has 0 saturated carbocycles. The van der Waals surface area contributed by atoms with Crippen LogP contribution in [-0.4, -0.2) is 58.6 Å². The fraction of sp³-hybridized carbons (Fsp3) is 0.375. The van der Waals surface area contributed by atoms with E-state index in [4.69, 9.17) is 21.1 Å². The Morgan fingerprint density at radius 2 is 2.09 bits per heavy atom. The quantitative estimate of drug-likeness (QED) is 0.919. The number of piperazine rings is 1. The van der Waals surface area contributed by atoms with Crippen LogP contribution in [0.5, 0.6) is 0 Å². The van der Waals surface area contributed by atoms with Gasteiger partial charge in [-0.3, -0.25) is 9.69 Å². The van der Waals surface area contributed by atoms with E-state index in [1.54, 1.807) is 11.1 Å². The zero-order chi connectivity index (χ0) is 16.2. The molecule has 122 valence electrons. The molecule has 1 saturated heterocycles. The minimum atomic E-state index is -0.428. The molecule has 7 heteroatoms. The average molecular weight is 336 g/mol. The van der Waals surface area contributed by atoms with Crippen molar-refractivity contribution in [3.05, 3.63) is 41.4 Å². The summed E-state index contributed by atoms with van der Waals surface area (Å²) in [5, 5.41) is 9.54. The van der Waals surface area contributed by atoms with E-state index < -0.39 is 6.61 Å². The first-order chi connectivity index (χ1) is 11.2. The first kappa shape index (κ1) is 16.0. The van der Waals surface area contributed by atoms with Crippen LogP contribution in [0.4, 0.5) is 0 Å². The topological polar surface area (TPSA) is 69.8 Å². The Labute approximate surface area is 139 Å². The lowest BCUT2D eigenvalue weighted by Gasteiger charge is -2.33.